The molecule has 0 bridgehead atoms. The molecule has 208 valence electrons. The molecule has 7 nitrogen and oxygen atoms in total. The summed E-state index contributed by atoms with van der Waals surface area (Å²) in [4.78, 5) is 21.2. The van der Waals surface area contributed by atoms with Gasteiger partial charge in [0.2, 0.25) is 5.91 Å². The van der Waals surface area contributed by atoms with E-state index >= 15 is 0 Å². The lowest BCUT2D eigenvalue weighted by Gasteiger charge is -2.16. The number of nitrogens with zero attached hydrogens (tertiary/aromatic N) is 2. The molecule has 1 aromatic heterocycles. The van der Waals surface area contributed by atoms with E-state index in [1.165, 1.54) is 31.3 Å². The summed E-state index contributed by atoms with van der Waals surface area (Å²) in [7, 11) is 1.58. The number of benzene rings is 3. The van der Waals surface area contributed by atoms with Gasteiger partial charge in [-0.1, -0.05) is 36.4 Å². The van der Waals surface area contributed by atoms with Crippen molar-refractivity contribution in [1.82, 2.24) is 15.3 Å². The first kappa shape index (κ1) is 27.4. The first-order valence-electron chi connectivity index (χ1n) is 13.0. The molecule has 1 aliphatic rings. The highest BCUT2D eigenvalue weighted by molar-refractivity contribution is 5.94. The van der Waals surface area contributed by atoms with Gasteiger partial charge < -0.3 is 20.5 Å². The second-order valence-corrected chi connectivity index (χ2v) is 9.75. The van der Waals surface area contributed by atoms with Crippen molar-refractivity contribution in [2.75, 3.05) is 20.3 Å². The summed E-state index contributed by atoms with van der Waals surface area (Å²) in [5, 5.41) is 4.23. The van der Waals surface area contributed by atoms with Crippen LogP contribution in [0.15, 0.2) is 67.0 Å². The van der Waals surface area contributed by atoms with E-state index < -0.39 is 23.6 Å². The topological polar surface area (TPSA) is 99.4 Å². The molecule has 1 aliphatic carbocycles. The van der Waals surface area contributed by atoms with Crippen molar-refractivity contribution in [1.29, 1.82) is 0 Å². The van der Waals surface area contributed by atoms with Gasteiger partial charge in [0.15, 0.2) is 11.5 Å². The smallest absolute Gasteiger partial charge is 0.416 e. The van der Waals surface area contributed by atoms with E-state index in [9.17, 15) is 18.0 Å². The molecule has 0 saturated heterocycles. The molecule has 1 amide bonds. The minimum absolute atomic E-state index is 0.377. The monoisotopic (exact) mass is 550 g/mol. The number of fused-ring (bicyclic) bond motifs is 1. The number of nitrogens with two attached hydrogens (primary N) is 1. The Bertz CT molecular complexity index is 1490. The van der Waals surface area contributed by atoms with Crippen LogP contribution in [0.1, 0.15) is 41.9 Å². The Hall–Kier alpha value is -4.18. The number of primary amides is 1. The van der Waals surface area contributed by atoms with E-state index in [2.05, 4.69) is 15.3 Å². The lowest BCUT2D eigenvalue weighted by atomic mass is 9.89. The van der Waals surface area contributed by atoms with Crippen LogP contribution in [0.3, 0.4) is 0 Å². The number of rotatable bonds is 11. The number of hydrogen-bond donors (Lipinski definition) is 2. The molecular formula is C30H29F3N4O3. The number of nitrogens with one attached hydrogen (secondary N) is 1. The van der Waals surface area contributed by atoms with Crippen LogP contribution in [0, 0.1) is 0 Å². The number of ether oxygens (including phenoxy) is 2. The lowest BCUT2D eigenvalue weighted by molar-refractivity contribution is -0.137. The number of aromatic nitrogens is 2. The Labute approximate surface area is 229 Å². The molecule has 1 unspecified atom stereocenters. The number of alkyl halides is 3. The molecule has 1 fully saturated rings. The normalized spacial score (nSPS) is 14.2. The maximum atomic E-state index is 13.0. The molecule has 5 rings (SSSR count). The molecule has 0 aliphatic heterocycles. The lowest BCUT2D eigenvalue weighted by Crippen LogP contribution is -2.22. The summed E-state index contributed by atoms with van der Waals surface area (Å²) in [6.45, 7) is 1.41. The van der Waals surface area contributed by atoms with E-state index in [1.54, 1.807) is 37.4 Å². The van der Waals surface area contributed by atoms with Crippen LogP contribution >= 0.6 is 0 Å². The zero-order valence-corrected chi connectivity index (χ0v) is 21.9. The summed E-state index contributed by atoms with van der Waals surface area (Å²) < 4.78 is 50.5. The van der Waals surface area contributed by atoms with E-state index in [4.69, 9.17) is 15.2 Å². The number of carbonyl (C=O) groups is 1. The van der Waals surface area contributed by atoms with E-state index in [-0.39, 0.29) is 0 Å². The largest absolute Gasteiger partial charge is 0.493 e. The molecule has 0 spiro atoms. The summed E-state index contributed by atoms with van der Waals surface area (Å²) in [6, 6.07) is 15.8. The van der Waals surface area contributed by atoms with Crippen molar-refractivity contribution in [2.45, 2.75) is 37.4 Å². The molecule has 0 radical (unpaired) electrons. The average Bonchev–Trinajstić information content (AvgIpc) is 3.77. The highest BCUT2D eigenvalue weighted by Crippen LogP contribution is 2.37. The van der Waals surface area contributed by atoms with Crippen molar-refractivity contribution in [2.24, 2.45) is 5.73 Å². The minimum atomic E-state index is -4.47. The van der Waals surface area contributed by atoms with Crippen LogP contribution in [0.5, 0.6) is 11.5 Å². The first-order chi connectivity index (χ1) is 19.2. The van der Waals surface area contributed by atoms with Crippen LogP contribution in [-0.2, 0) is 11.0 Å². The number of hydrogen-bond acceptors (Lipinski definition) is 6. The van der Waals surface area contributed by atoms with Gasteiger partial charge in [-0.15, -0.1) is 0 Å². The molecular weight excluding hydrogens is 521 g/mol. The van der Waals surface area contributed by atoms with Crippen molar-refractivity contribution in [3.63, 3.8) is 0 Å². The SMILES string of the molecule is COc1cc2ncnc(-c3ccc(C(C(N)=O)c4ccc(C(F)(F)F)cc4)cc3)c2cc1OCCCNC1CC1. The predicted octanol–water partition coefficient (Wildman–Crippen LogP) is 5.46. The van der Waals surface area contributed by atoms with Gasteiger partial charge in [-0.05, 0) is 55.1 Å². The number of halogens is 3. The Kier molecular flexibility index (Phi) is 7.88. The molecule has 3 aromatic carbocycles. The standard InChI is InChI=1S/C30H29F3N4O3/c1-39-25-16-24-23(15-26(25)40-14-2-13-35-22-11-12-22)28(37-17-36-24)20-5-3-18(4-6-20)27(29(34)38)19-7-9-21(10-8-19)30(31,32)33/h3-10,15-17,22,27,35H,2,11-14H2,1H3,(H2,34,38). The van der Waals surface area contributed by atoms with E-state index in [1.807, 2.05) is 6.07 Å². The molecule has 10 heteroatoms. The molecule has 1 heterocycles. The highest BCUT2D eigenvalue weighted by atomic mass is 19.4. The van der Waals surface area contributed by atoms with Gasteiger partial charge in [0, 0.05) is 23.1 Å². The second kappa shape index (κ2) is 11.5. The van der Waals surface area contributed by atoms with Crippen LogP contribution in [-0.4, -0.2) is 42.2 Å². The van der Waals surface area contributed by atoms with Crippen LogP contribution < -0.4 is 20.5 Å². The molecule has 3 N–H and O–H groups in total. The summed E-state index contributed by atoms with van der Waals surface area (Å²) in [5.74, 6) is -0.410. The quantitative estimate of drug-likeness (QED) is 0.241. The third-order valence-corrected chi connectivity index (χ3v) is 6.88. The molecule has 40 heavy (non-hydrogen) atoms. The molecule has 4 aromatic rings. The van der Waals surface area contributed by atoms with Crippen molar-refractivity contribution in [3.8, 4) is 22.8 Å². The third-order valence-electron chi connectivity index (χ3n) is 6.88. The van der Waals surface area contributed by atoms with E-state index in [0.29, 0.717) is 46.5 Å². The van der Waals surface area contributed by atoms with Gasteiger partial charge in [0.25, 0.3) is 0 Å². The Morgan fingerprint density at radius 2 is 1.70 bits per heavy atom. The van der Waals surface area contributed by atoms with Gasteiger partial charge in [-0.3, -0.25) is 4.79 Å². The van der Waals surface area contributed by atoms with Crippen molar-refractivity contribution in [3.05, 3.63) is 83.7 Å². The second-order valence-electron chi connectivity index (χ2n) is 9.75. The Balaban J connectivity index is 1.40. The van der Waals surface area contributed by atoms with Gasteiger partial charge in [-0.25, -0.2) is 9.97 Å². The summed E-state index contributed by atoms with van der Waals surface area (Å²) in [6.07, 6.45) is 0.328. The summed E-state index contributed by atoms with van der Waals surface area (Å²) >= 11 is 0. The fourth-order valence-corrected chi connectivity index (χ4v) is 4.63. The highest BCUT2D eigenvalue weighted by Gasteiger charge is 2.31. The predicted molar refractivity (Wildman–Crippen MR) is 145 cm³/mol. The van der Waals surface area contributed by atoms with Gasteiger partial charge in [0.1, 0.15) is 6.33 Å². The molecule has 1 saturated carbocycles. The minimum Gasteiger partial charge on any atom is -0.493 e. The Morgan fingerprint density at radius 1 is 1.02 bits per heavy atom. The van der Waals surface area contributed by atoms with Gasteiger partial charge >= 0.3 is 6.18 Å². The number of carbonyl (C=O) groups excluding carboxylic acids is 1. The zero-order chi connectivity index (χ0) is 28.3. The van der Waals surface area contributed by atoms with Crippen molar-refractivity contribution >= 4 is 16.8 Å². The van der Waals surface area contributed by atoms with Gasteiger partial charge in [0.05, 0.1) is 36.4 Å². The number of amides is 1. The van der Waals surface area contributed by atoms with E-state index in [0.717, 1.165) is 36.0 Å². The molecule has 1 atom stereocenters. The fraction of sp³-hybridized carbons (Fsp3) is 0.300. The fourth-order valence-electron chi connectivity index (χ4n) is 4.63. The van der Waals surface area contributed by atoms with Crippen LogP contribution in [0.2, 0.25) is 0 Å². The maximum Gasteiger partial charge on any atom is 0.416 e. The van der Waals surface area contributed by atoms with Crippen LogP contribution in [0.25, 0.3) is 22.2 Å². The van der Waals surface area contributed by atoms with Crippen LogP contribution in [0.4, 0.5) is 13.2 Å². The third kappa shape index (κ3) is 6.17. The summed E-state index contributed by atoms with van der Waals surface area (Å²) in [5.41, 5.74) is 7.89. The Morgan fingerprint density at radius 3 is 2.30 bits per heavy atom. The first-order valence-corrected chi connectivity index (χ1v) is 13.0. The maximum absolute atomic E-state index is 13.0. The van der Waals surface area contributed by atoms with Gasteiger partial charge in [-0.2, -0.15) is 13.2 Å². The number of methoxy groups -OCH3 is 1. The zero-order valence-electron chi connectivity index (χ0n) is 21.9. The van der Waals surface area contributed by atoms with Crippen molar-refractivity contribution < 1.29 is 27.4 Å². The average molecular weight is 551 g/mol.